The van der Waals surface area contributed by atoms with Gasteiger partial charge in [-0.05, 0) is 23.7 Å². The number of nitrogens with one attached hydrogen (secondary N) is 1. The van der Waals surface area contributed by atoms with Crippen LogP contribution < -0.4 is 5.32 Å². The van der Waals surface area contributed by atoms with Crippen LogP contribution in [-0.4, -0.2) is 23.3 Å². The summed E-state index contributed by atoms with van der Waals surface area (Å²) in [5.74, 6) is 0. The van der Waals surface area contributed by atoms with Crippen LogP contribution in [0.5, 0.6) is 0 Å². The van der Waals surface area contributed by atoms with Crippen LogP contribution in [0.3, 0.4) is 0 Å². The predicted molar refractivity (Wildman–Crippen MR) is 64.9 cm³/mol. The molecule has 15 heavy (non-hydrogen) atoms. The fraction of sp³-hybridized carbons (Fsp3) is 1.00. The van der Waals surface area contributed by atoms with Crippen LogP contribution in [0.15, 0.2) is 0 Å². The number of hydrogen-bond acceptors (Lipinski definition) is 2. The quantitative estimate of drug-likeness (QED) is 0.735. The summed E-state index contributed by atoms with van der Waals surface area (Å²) in [7, 11) is 0. The highest BCUT2D eigenvalue weighted by Crippen LogP contribution is 2.62. The maximum absolute atomic E-state index is 10.2. The Bertz CT molecular complexity index is 215. The molecule has 0 bridgehead atoms. The van der Waals surface area contributed by atoms with Crippen molar-refractivity contribution in [3.05, 3.63) is 0 Å². The molecule has 2 N–H and O–H groups in total. The summed E-state index contributed by atoms with van der Waals surface area (Å²) in [6.45, 7) is 14.0. The third kappa shape index (κ3) is 2.07. The summed E-state index contributed by atoms with van der Waals surface area (Å²) in [5.41, 5.74) is 0.194. The molecule has 0 saturated heterocycles. The summed E-state index contributed by atoms with van der Waals surface area (Å²) in [6.07, 6.45) is 1.65. The zero-order valence-corrected chi connectivity index (χ0v) is 11.1. The summed E-state index contributed by atoms with van der Waals surface area (Å²) in [5, 5.41) is 13.7. The Hall–Kier alpha value is -0.0800. The van der Waals surface area contributed by atoms with Crippen LogP contribution in [0.4, 0.5) is 0 Å². The highest BCUT2D eigenvalue weighted by Gasteiger charge is 2.64. The third-order valence-electron chi connectivity index (χ3n) is 4.97. The Balaban J connectivity index is 2.47. The standard InChI is InChI=1S/C13H27NO/c1-7-13(15,8-2)9-14-10-11(3,4)12(10,5)6/h10,14-15H,7-9H2,1-6H3. The molecule has 1 rings (SSSR count). The lowest BCUT2D eigenvalue weighted by Crippen LogP contribution is -2.41. The van der Waals surface area contributed by atoms with Gasteiger partial charge in [0.1, 0.15) is 0 Å². The molecule has 1 fully saturated rings. The minimum absolute atomic E-state index is 0.357. The van der Waals surface area contributed by atoms with Gasteiger partial charge in [0.2, 0.25) is 0 Å². The SMILES string of the molecule is CCC(O)(CC)CNC1C(C)(C)C1(C)C. The van der Waals surface area contributed by atoms with Gasteiger partial charge >= 0.3 is 0 Å². The van der Waals surface area contributed by atoms with Crippen molar-refractivity contribution in [2.24, 2.45) is 10.8 Å². The van der Waals surface area contributed by atoms with Gasteiger partial charge in [-0.15, -0.1) is 0 Å². The van der Waals surface area contributed by atoms with Crippen molar-refractivity contribution in [1.29, 1.82) is 0 Å². The van der Waals surface area contributed by atoms with E-state index in [4.69, 9.17) is 0 Å². The van der Waals surface area contributed by atoms with Crippen LogP contribution in [0.2, 0.25) is 0 Å². The molecule has 1 saturated carbocycles. The van der Waals surface area contributed by atoms with Crippen molar-refractivity contribution in [2.45, 2.75) is 66.0 Å². The molecule has 0 aromatic carbocycles. The van der Waals surface area contributed by atoms with Crippen molar-refractivity contribution in [1.82, 2.24) is 5.32 Å². The van der Waals surface area contributed by atoms with E-state index >= 15 is 0 Å². The third-order valence-corrected chi connectivity index (χ3v) is 4.97. The van der Waals surface area contributed by atoms with E-state index in [1.165, 1.54) is 0 Å². The molecule has 0 aromatic rings. The predicted octanol–water partition coefficient (Wildman–Crippen LogP) is 2.56. The Morgan fingerprint density at radius 1 is 1.07 bits per heavy atom. The van der Waals surface area contributed by atoms with Crippen molar-refractivity contribution in [3.8, 4) is 0 Å². The summed E-state index contributed by atoms with van der Waals surface area (Å²) < 4.78 is 0. The lowest BCUT2D eigenvalue weighted by Gasteiger charge is -2.26. The first kappa shape index (κ1) is 13.0. The molecule has 1 aliphatic rings. The smallest absolute Gasteiger partial charge is 0.0766 e. The minimum Gasteiger partial charge on any atom is -0.389 e. The normalized spacial score (nSPS) is 24.2. The van der Waals surface area contributed by atoms with E-state index < -0.39 is 5.60 Å². The van der Waals surface area contributed by atoms with Gasteiger partial charge in [0.05, 0.1) is 5.60 Å². The Labute approximate surface area is 94.5 Å². The van der Waals surface area contributed by atoms with Gasteiger partial charge in [0.15, 0.2) is 0 Å². The molecule has 0 unspecified atom stereocenters. The van der Waals surface area contributed by atoms with E-state index in [1.54, 1.807) is 0 Å². The minimum atomic E-state index is -0.519. The first-order valence-electron chi connectivity index (χ1n) is 6.17. The van der Waals surface area contributed by atoms with Gasteiger partial charge < -0.3 is 10.4 Å². The van der Waals surface area contributed by atoms with Gasteiger partial charge in [-0.1, -0.05) is 41.5 Å². The van der Waals surface area contributed by atoms with Crippen LogP contribution in [0.1, 0.15) is 54.4 Å². The molecule has 0 atom stereocenters. The highest BCUT2D eigenvalue weighted by atomic mass is 16.3. The van der Waals surface area contributed by atoms with Gasteiger partial charge in [-0.3, -0.25) is 0 Å². The zero-order valence-electron chi connectivity index (χ0n) is 11.1. The largest absolute Gasteiger partial charge is 0.389 e. The molecule has 2 nitrogen and oxygen atoms in total. The van der Waals surface area contributed by atoms with Crippen molar-refractivity contribution >= 4 is 0 Å². The van der Waals surface area contributed by atoms with Gasteiger partial charge in [-0.2, -0.15) is 0 Å². The van der Waals surface area contributed by atoms with Gasteiger partial charge in [0, 0.05) is 12.6 Å². The van der Waals surface area contributed by atoms with Crippen LogP contribution in [-0.2, 0) is 0 Å². The summed E-state index contributed by atoms with van der Waals surface area (Å²) >= 11 is 0. The molecule has 90 valence electrons. The topological polar surface area (TPSA) is 32.3 Å². The second kappa shape index (κ2) is 3.74. The second-order valence-corrected chi connectivity index (χ2v) is 6.19. The van der Waals surface area contributed by atoms with E-state index in [9.17, 15) is 5.11 Å². The van der Waals surface area contributed by atoms with E-state index in [-0.39, 0.29) is 0 Å². The molecule has 0 radical (unpaired) electrons. The first-order valence-corrected chi connectivity index (χ1v) is 6.17. The average Bonchev–Trinajstić information content (AvgIpc) is 2.55. The fourth-order valence-electron chi connectivity index (χ4n) is 2.50. The number of rotatable bonds is 5. The summed E-state index contributed by atoms with van der Waals surface area (Å²) in [6, 6.07) is 0.537. The van der Waals surface area contributed by atoms with Crippen LogP contribution in [0, 0.1) is 10.8 Å². The monoisotopic (exact) mass is 213 g/mol. The van der Waals surface area contributed by atoms with Crippen LogP contribution in [0.25, 0.3) is 0 Å². The number of aliphatic hydroxyl groups is 1. The second-order valence-electron chi connectivity index (χ2n) is 6.19. The van der Waals surface area contributed by atoms with Crippen molar-refractivity contribution in [2.75, 3.05) is 6.54 Å². The fourth-order valence-corrected chi connectivity index (χ4v) is 2.50. The van der Waals surface area contributed by atoms with E-state index in [2.05, 4.69) is 33.0 Å². The summed E-state index contributed by atoms with van der Waals surface area (Å²) in [4.78, 5) is 0. The lowest BCUT2D eigenvalue weighted by molar-refractivity contribution is 0.0311. The molecule has 0 spiro atoms. The maximum Gasteiger partial charge on any atom is 0.0766 e. The lowest BCUT2D eigenvalue weighted by atomic mass is 9.97. The average molecular weight is 213 g/mol. The zero-order chi connectivity index (χ0) is 11.9. The maximum atomic E-state index is 10.2. The highest BCUT2D eigenvalue weighted by molar-refractivity contribution is 5.18. The molecule has 2 heteroatoms. The Kier molecular flexibility index (Phi) is 3.24. The van der Waals surface area contributed by atoms with Crippen LogP contribution >= 0.6 is 0 Å². The van der Waals surface area contributed by atoms with Gasteiger partial charge in [-0.25, -0.2) is 0 Å². The molecule has 0 aliphatic heterocycles. The molecule has 1 aliphatic carbocycles. The molecular formula is C13H27NO. The molecule has 0 aromatic heterocycles. The van der Waals surface area contributed by atoms with Gasteiger partial charge in [0.25, 0.3) is 0 Å². The van der Waals surface area contributed by atoms with E-state index in [1.807, 2.05) is 13.8 Å². The molecule has 0 heterocycles. The van der Waals surface area contributed by atoms with Crippen molar-refractivity contribution in [3.63, 3.8) is 0 Å². The van der Waals surface area contributed by atoms with E-state index in [0.29, 0.717) is 16.9 Å². The molecule has 0 amide bonds. The Morgan fingerprint density at radius 3 is 1.73 bits per heavy atom. The number of hydrogen-bond donors (Lipinski definition) is 2. The molecular weight excluding hydrogens is 186 g/mol. The first-order chi connectivity index (χ1) is 6.71. The van der Waals surface area contributed by atoms with E-state index in [0.717, 1.165) is 19.4 Å². The van der Waals surface area contributed by atoms with Crippen molar-refractivity contribution < 1.29 is 5.11 Å². The Morgan fingerprint density at radius 2 is 1.47 bits per heavy atom.